The maximum absolute atomic E-state index is 12.8. The first-order valence-corrected chi connectivity index (χ1v) is 9.55. The normalized spacial score (nSPS) is 30.8. The van der Waals surface area contributed by atoms with Crippen LogP contribution >= 0.6 is 0 Å². The molecule has 2 amide bonds. The van der Waals surface area contributed by atoms with Gasteiger partial charge in [-0.05, 0) is 13.0 Å². The number of benzene rings is 1. The number of hydrogen-bond acceptors (Lipinski definition) is 7. The summed E-state index contributed by atoms with van der Waals surface area (Å²) in [6.07, 6.45) is 0.178. The Morgan fingerprint density at radius 1 is 1.34 bits per heavy atom. The van der Waals surface area contributed by atoms with E-state index in [2.05, 4.69) is 5.43 Å². The fourth-order valence-corrected chi connectivity index (χ4v) is 4.58. The number of hydrogen-bond donors (Lipinski definition) is 1. The standard InChI is InChI=1S/C20H23N3O6/c1-4-28-15(25)9-14-20(17-19(2,3)11-29-18(27)22(17)20)23(14)21-16(26)13-8-6-5-7-12(13)10-24/h5-8,10,14,17H,4,9,11H2,1-3H3,(H,21,26)/t14-,17+,20?,22?,23?/m0/s1. The summed E-state index contributed by atoms with van der Waals surface area (Å²) in [7, 11) is 0. The van der Waals surface area contributed by atoms with Crippen molar-refractivity contribution in [3.63, 3.8) is 0 Å². The van der Waals surface area contributed by atoms with E-state index in [0.29, 0.717) is 6.29 Å². The summed E-state index contributed by atoms with van der Waals surface area (Å²) >= 11 is 0. The Morgan fingerprint density at radius 3 is 2.72 bits per heavy atom. The van der Waals surface area contributed by atoms with Crippen LogP contribution in [0.4, 0.5) is 4.79 Å². The number of esters is 1. The van der Waals surface area contributed by atoms with E-state index in [-0.39, 0.29) is 42.2 Å². The predicted octanol–water partition coefficient (Wildman–Crippen LogP) is 1.34. The highest BCUT2D eigenvalue weighted by atomic mass is 16.6. The van der Waals surface area contributed by atoms with Gasteiger partial charge in [-0.25, -0.2) is 4.79 Å². The molecule has 3 aliphatic heterocycles. The number of hydrazine groups is 1. The van der Waals surface area contributed by atoms with E-state index < -0.39 is 29.7 Å². The zero-order valence-corrected chi connectivity index (χ0v) is 16.5. The molecule has 4 rings (SSSR count). The molecule has 3 heterocycles. The van der Waals surface area contributed by atoms with E-state index in [0.717, 1.165) is 0 Å². The average Bonchev–Trinajstić information content (AvgIpc) is 3.55. The average molecular weight is 401 g/mol. The quantitative estimate of drug-likeness (QED) is 0.436. The van der Waals surface area contributed by atoms with Crippen LogP contribution < -0.4 is 5.43 Å². The molecule has 1 N–H and O–H groups in total. The van der Waals surface area contributed by atoms with Gasteiger partial charge in [-0.3, -0.25) is 24.7 Å². The van der Waals surface area contributed by atoms with Gasteiger partial charge in [0, 0.05) is 11.0 Å². The second-order valence-corrected chi connectivity index (χ2v) is 8.14. The second kappa shape index (κ2) is 6.55. The molecular formula is C20H23N3O6. The summed E-state index contributed by atoms with van der Waals surface area (Å²) in [6, 6.07) is 5.81. The number of rotatable bonds is 6. The molecule has 0 aliphatic carbocycles. The van der Waals surface area contributed by atoms with Crippen molar-refractivity contribution < 1.29 is 28.7 Å². The highest BCUT2D eigenvalue weighted by molar-refractivity contribution is 6.01. The molecule has 9 heteroatoms. The summed E-state index contributed by atoms with van der Waals surface area (Å²) in [5, 5.41) is 1.62. The summed E-state index contributed by atoms with van der Waals surface area (Å²) in [4.78, 5) is 50.1. The molecular weight excluding hydrogens is 378 g/mol. The molecule has 0 radical (unpaired) electrons. The smallest absolute Gasteiger partial charge is 0.411 e. The van der Waals surface area contributed by atoms with Crippen LogP contribution in [-0.2, 0) is 14.3 Å². The Morgan fingerprint density at radius 2 is 2.07 bits per heavy atom. The Balaban J connectivity index is 1.61. The molecule has 29 heavy (non-hydrogen) atoms. The molecule has 1 aromatic carbocycles. The monoisotopic (exact) mass is 401 g/mol. The van der Waals surface area contributed by atoms with Crippen LogP contribution in [0, 0.1) is 5.41 Å². The number of carbonyl (C=O) groups excluding carboxylic acids is 4. The summed E-state index contributed by atoms with van der Waals surface area (Å²) in [5.41, 5.74) is 2.11. The molecule has 2 unspecified atom stereocenters. The SMILES string of the molecule is CCOC(=O)C[C@@H]1N(NC(=O)c2ccccc2C=O)C12[C@@H]1N2C(=O)OCC1(C)C. The maximum Gasteiger partial charge on any atom is 0.411 e. The number of cyclic esters (lactones) is 1. The molecule has 1 aromatic rings. The third-order valence-electron chi connectivity index (χ3n) is 5.82. The minimum absolute atomic E-state index is 0.0276. The van der Waals surface area contributed by atoms with Gasteiger partial charge in [0.05, 0.1) is 30.7 Å². The Labute approximate surface area is 167 Å². The van der Waals surface area contributed by atoms with Crippen LogP contribution in [0.1, 0.15) is 47.9 Å². The Hall–Kier alpha value is -2.94. The van der Waals surface area contributed by atoms with Crippen LogP contribution in [-0.4, -0.2) is 65.1 Å². The first kappa shape index (κ1) is 19.4. The van der Waals surface area contributed by atoms with Crippen molar-refractivity contribution in [2.45, 2.75) is 44.9 Å². The van der Waals surface area contributed by atoms with Crippen molar-refractivity contribution in [3.8, 4) is 0 Å². The highest BCUT2D eigenvalue weighted by Gasteiger charge is 2.90. The lowest BCUT2D eigenvalue weighted by atomic mass is 9.87. The highest BCUT2D eigenvalue weighted by Crippen LogP contribution is 2.67. The van der Waals surface area contributed by atoms with Crippen molar-refractivity contribution in [1.82, 2.24) is 15.3 Å². The largest absolute Gasteiger partial charge is 0.466 e. The molecule has 0 aromatic heterocycles. The summed E-state index contributed by atoms with van der Waals surface area (Å²) < 4.78 is 10.3. The first-order valence-electron chi connectivity index (χ1n) is 9.55. The van der Waals surface area contributed by atoms with Gasteiger partial charge in [0.1, 0.15) is 6.61 Å². The van der Waals surface area contributed by atoms with Crippen molar-refractivity contribution in [3.05, 3.63) is 35.4 Å². The van der Waals surface area contributed by atoms with Gasteiger partial charge in [-0.15, -0.1) is 0 Å². The van der Waals surface area contributed by atoms with Gasteiger partial charge >= 0.3 is 12.1 Å². The lowest BCUT2D eigenvalue weighted by Crippen LogP contribution is -2.37. The number of nitrogens with one attached hydrogen (secondary N) is 1. The predicted molar refractivity (Wildman–Crippen MR) is 99.7 cm³/mol. The second-order valence-electron chi connectivity index (χ2n) is 8.14. The van der Waals surface area contributed by atoms with Crippen molar-refractivity contribution >= 4 is 24.3 Å². The molecule has 3 fully saturated rings. The van der Waals surface area contributed by atoms with Crippen LogP contribution in [0.15, 0.2) is 24.3 Å². The summed E-state index contributed by atoms with van der Waals surface area (Å²) in [6.45, 7) is 6.19. The van der Waals surface area contributed by atoms with Crippen molar-refractivity contribution in [2.75, 3.05) is 13.2 Å². The van der Waals surface area contributed by atoms with Crippen LogP contribution in [0.2, 0.25) is 0 Å². The van der Waals surface area contributed by atoms with Crippen molar-refractivity contribution in [1.29, 1.82) is 0 Å². The zero-order valence-electron chi connectivity index (χ0n) is 16.5. The number of amides is 2. The van der Waals surface area contributed by atoms with E-state index in [4.69, 9.17) is 9.47 Å². The molecule has 3 saturated heterocycles. The van der Waals surface area contributed by atoms with E-state index in [1.54, 1.807) is 41.1 Å². The van der Waals surface area contributed by atoms with E-state index in [9.17, 15) is 19.2 Å². The van der Waals surface area contributed by atoms with E-state index in [1.165, 1.54) is 0 Å². The van der Waals surface area contributed by atoms with Gasteiger partial charge in [-0.2, -0.15) is 5.01 Å². The number of nitrogens with zero attached hydrogens (tertiary/aromatic N) is 2. The minimum atomic E-state index is -0.810. The topological polar surface area (TPSA) is 105 Å². The fourth-order valence-electron chi connectivity index (χ4n) is 4.58. The van der Waals surface area contributed by atoms with Crippen LogP contribution in [0.25, 0.3) is 0 Å². The van der Waals surface area contributed by atoms with Crippen LogP contribution in [0.3, 0.4) is 0 Å². The third-order valence-corrected chi connectivity index (χ3v) is 5.82. The number of fused-ring (bicyclic) bond motifs is 3. The van der Waals surface area contributed by atoms with Crippen LogP contribution in [0.5, 0.6) is 0 Å². The Bertz CT molecular complexity index is 900. The van der Waals surface area contributed by atoms with Gasteiger partial charge in [0.25, 0.3) is 5.91 Å². The lowest BCUT2D eigenvalue weighted by Gasteiger charge is -2.27. The molecule has 154 valence electrons. The first-order chi connectivity index (χ1) is 13.8. The number of aldehydes is 1. The van der Waals surface area contributed by atoms with Gasteiger partial charge < -0.3 is 9.47 Å². The molecule has 9 nitrogen and oxygen atoms in total. The lowest BCUT2D eigenvalue weighted by molar-refractivity contribution is -0.143. The molecule has 4 atom stereocenters. The minimum Gasteiger partial charge on any atom is -0.466 e. The Kier molecular flexibility index (Phi) is 4.38. The maximum atomic E-state index is 12.8. The van der Waals surface area contributed by atoms with Crippen molar-refractivity contribution in [2.24, 2.45) is 5.41 Å². The fraction of sp³-hybridized carbons (Fsp3) is 0.500. The number of carbonyl (C=O) groups is 4. The number of ether oxygens (including phenoxy) is 2. The third kappa shape index (κ3) is 2.79. The van der Waals surface area contributed by atoms with Gasteiger partial charge in [0.15, 0.2) is 11.9 Å². The molecule has 3 aliphatic rings. The van der Waals surface area contributed by atoms with E-state index in [1.807, 2.05) is 13.8 Å². The molecule has 0 bridgehead atoms. The molecule has 0 saturated carbocycles. The zero-order chi connectivity index (χ0) is 21.0. The molecule has 1 spiro atoms. The van der Waals surface area contributed by atoms with Gasteiger partial charge in [0.2, 0.25) is 0 Å². The van der Waals surface area contributed by atoms with Gasteiger partial charge in [-0.1, -0.05) is 32.0 Å². The van der Waals surface area contributed by atoms with E-state index >= 15 is 0 Å². The summed E-state index contributed by atoms with van der Waals surface area (Å²) in [5.74, 6) is -0.882.